The lowest BCUT2D eigenvalue weighted by atomic mass is 10.1. The molecule has 0 fully saturated rings. The highest BCUT2D eigenvalue weighted by Crippen LogP contribution is 2.22. The summed E-state index contributed by atoms with van der Waals surface area (Å²) in [4.78, 5) is 10.9. The molecule has 0 radical (unpaired) electrons. The highest BCUT2D eigenvalue weighted by atomic mass is 79.9. The number of nitrogens with one attached hydrogen (secondary N) is 1. The SMILES string of the molecule is CC(N[C@@H](C)c1ccccc1Br)C(N)=O. The number of nitrogens with two attached hydrogens (primary N) is 1. The Morgan fingerprint density at radius 3 is 2.53 bits per heavy atom. The lowest BCUT2D eigenvalue weighted by molar-refractivity contribution is -0.119. The van der Waals surface area contributed by atoms with Crippen molar-refractivity contribution < 1.29 is 4.79 Å². The molecule has 3 N–H and O–H groups in total. The number of primary amides is 1. The summed E-state index contributed by atoms with van der Waals surface area (Å²) in [7, 11) is 0. The topological polar surface area (TPSA) is 55.1 Å². The van der Waals surface area contributed by atoms with Crippen LogP contribution in [0.15, 0.2) is 28.7 Å². The van der Waals surface area contributed by atoms with Crippen molar-refractivity contribution >= 4 is 21.8 Å². The second-order valence-electron chi connectivity index (χ2n) is 3.53. The molecule has 1 aromatic carbocycles. The number of carbonyl (C=O) groups is 1. The second kappa shape index (κ2) is 5.28. The maximum absolute atomic E-state index is 10.9. The van der Waals surface area contributed by atoms with E-state index in [0.717, 1.165) is 10.0 Å². The Hall–Kier alpha value is -0.870. The largest absolute Gasteiger partial charge is 0.368 e. The van der Waals surface area contributed by atoms with Crippen LogP contribution in [-0.2, 0) is 4.79 Å². The van der Waals surface area contributed by atoms with Crippen LogP contribution in [0, 0.1) is 0 Å². The summed E-state index contributed by atoms with van der Waals surface area (Å²) in [6.07, 6.45) is 0. The first-order chi connectivity index (χ1) is 7.02. The average molecular weight is 271 g/mol. The third-order valence-corrected chi connectivity index (χ3v) is 3.02. The number of hydrogen-bond donors (Lipinski definition) is 2. The van der Waals surface area contributed by atoms with Crippen molar-refractivity contribution in [1.82, 2.24) is 5.32 Å². The molecule has 1 aromatic rings. The van der Waals surface area contributed by atoms with Gasteiger partial charge in [-0.25, -0.2) is 0 Å². The van der Waals surface area contributed by atoms with Gasteiger partial charge in [0.15, 0.2) is 0 Å². The fraction of sp³-hybridized carbons (Fsp3) is 0.364. The fourth-order valence-corrected chi connectivity index (χ4v) is 2.00. The zero-order valence-corrected chi connectivity index (χ0v) is 10.4. The van der Waals surface area contributed by atoms with Gasteiger partial charge in [-0.3, -0.25) is 10.1 Å². The molecule has 3 nitrogen and oxygen atoms in total. The molecular formula is C11H15BrN2O. The molecule has 1 rings (SSSR count). The van der Waals surface area contributed by atoms with E-state index >= 15 is 0 Å². The van der Waals surface area contributed by atoms with Gasteiger partial charge in [0, 0.05) is 10.5 Å². The van der Waals surface area contributed by atoms with Crippen LogP contribution >= 0.6 is 15.9 Å². The number of benzene rings is 1. The van der Waals surface area contributed by atoms with E-state index in [2.05, 4.69) is 21.2 Å². The average Bonchev–Trinajstić information content (AvgIpc) is 2.18. The first kappa shape index (κ1) is 12.2. The Kier molecular flexibility index (Phi) is 4.29. The summed E-state index contributed by atoms with van der Waals surface area (Å²) >= 11 is 3.47. The molecule has 1 amide bonds. The minimum Gasteiger partial charge on any atom is -0.368 e. The van der Waals surface area contributed by atoms with Crippen LogP contribution in [0.5, 0.6) is 0 Å². The summed E-state index contributed by atoms with van der Waals surface area (Å²) in [5, 5.41) is 3.13. The van der Waals surface area contributed by atoms with Gasteiger partial charge >= 0.3 is 0 Å². The van der Waals surface area contributed by atoms with Crippen molar-refractivity contribution in [3.63, 3.8) is 0 Å². The van der Waals surface area contributed by atoms with Gasteiger partial charge in [-0.2, -0.15) is 0 Å². The molecule has 0 aliphatic rings. The normalized spacial score (nSPS) is 14.6. The summed E-state index contributed by atoms with van der Waals surface area (Å²) in [6, 6.07) is 7.67. The summed E-state index contributed by atoms with van der Waals surface area (Å²) < 4.78 is 1.03. The molecule has 0 bridgehead atoms. The number of carbonyl (C=O) groups excluding carboxylic acids is 1. The third kappa shape index (κ3) is 3.32. The second-order valence-corrected chi connectivity index (χ2v) is 4.39. The van der Waals surface area contributed by atoms with Crippen molar-refractivity contribution in [2.75, 3.05) is 0 Å². The molecule has 0 spiro atoms. The Balaban J connectivity index is 2.73. The van der Waals surface area contributed by atoms with Crippen LogP contribution < -0.4 is 11.1 Å². The monoisotopic (exact) mass is 270 g/mol. The highest BCUT2D eigenvalue weighted by Gasteiger charge is 2.14. The van der Waals surface area contributed by atoms with E-state index in [0.29, 0.717) is 0 Å². The third-order valence-electron chi connectivity index (χ3n) is 2.30. The van der Waals surface area contributed by atoms with Gasteiger partial charge < -0.3 is 5.73 Å². The first-order valence-corrected chi connectivity index (χ1v) is 5.61. The zero-order valence-electron chi connectivity index (χ0n) is 8.83. The smallest absolute Gasteiger partial charge is 0.234 e. The van der Waals surface area contributed by atoms with Crippen molar-refractivity contribution in [3.05, 3.63) is 34.3 Å². The molecule has 15 heavy (non-hydrogen) atoms. The predicted octanol–water partition coefficient (Wildman–Crippen LogP) is 1.97. The molecule has 0 saturated heterocycles. The van der Waals surface area contributed by atoms with E-state index in [-0.39, 0.29) is 18.0 Å². The first-order valence-electron chi connectivity index (χ1n) is 4.82. The zero-order chi connectivity index (χ0) is 11.4. The van der Waals surface area contributed by atoms with Gasteiger partial charge in [-0.05, 0) is 25.5 Å². The number of amides is 1. The summed E-state index contributed by atoms with van der Waals surface area (Å²) in [6.45, 7) is 3.76. The number of rotatable bonds is 4. The maximum atomic E-state index is 10.9. The molecule has 0 aromatic heterocycles. The maximum Gasteiger partial charge on any atom is 0.234 e. The summed E-state index contributed by atoms with van der Waals surface area (Å²) in [5.74, 6) is -0.339. The minimum absolute atomic E-state index is 0.0862. The summed E-state index contributed by atoms with van der Waals surface area (Å²) in [5.41, 5.74) is 6.30. The van der Waals surface area contributed by atoms with Gasteiger partial charge in [0.2, 0.25) is 5.91 Å². The standard InChI is InChI=1S/C11H15BrN2O/c1-7(14-8(2)11(13)15)9-5-3-4-6-10(9)12/h3-8,14H,1-2H3,(H2,13,15)/t7-,8?/m0/s1. The van der Waals surface area contributed by atoms with Crippen LogP contribution in [0.2, 0.25) is 0 Å². The van der Waals surface area contributed by atoms with E-state index in [4.69, 9.17) is 5.73 Å². The van der Waals surface area contributed by atoms with Gasteiger partial charge in [-0.1, -0.05) is 34.1 Å². The Labute approximate surface area is 98.2 Å². The molecule has 2 atom stereocenters. The minimum atomic E-state index is -0.339. The van der Waals surface area contributed by atoms with Crippen LogP contribution in [-0.4, -0.2) is 11.9 Å². The van der Waals surface area contributed by atoms with Crippen LogP contribution in [0.25, 0.3) is 0 Å². The Morgan fingerprint density at radius 2 is 2.00 bits per heavy atom. The molecular weight excluding hydrogens is 256 g/mol. The Morgan fingerprint density at radius 1 is 1.40 bits per heavy atom. The van der Waals surface area contributed by atoms with Gasteiger partial charge in [0.1, 0.15) is 0 Å². The molecule has 82 valence electrons. The molecule has 0 saturated carbocycles. The van der Waals surface area contributed by atoms with Crippen molar-refractivity contribution in [1.29, 1.82) is 0 Å². The van der Waals surface area contributed by atoms with Gasteiger partial charge in [0.25, 0.3) is 0 Å². The van der Waals surface area contributed by atoms with Gasteiger partial charge in [0.05, 0.1) is 6.04 Å². The van der Waals surface area contributed by atoms with E-state index < -0.39 is 0 Å². The van der Waals surface area contributed by atoms with E-state index in [1.165, 1.54) is 0 Å². The van der Waals surface area contributed by atoms with E-state index in [9.17, 15) is 4.79 Å². The van der Waals surface area contributed by atoms with E-state index in [1.54, 1.807) is 6.92 Å². The lowest BCUT2D eigenvalue weighted by Crippen LogP contribution is -2.40. The molecule has 1 unspecified atom stereocenters. The quantitative estimate of drug-likeness (QED) is 0.879. The molecule has 0 heterocycles. The number of hydrogen-bond acceptors (Lipinski definition) is 2. The molecule has 0 aliphatic heterocycles. The van der Waals surface area contributed by atoms with Crippen molar-refractivity contribution in [2.45, 2.75) is 25.9 Å². The van der Waals surface area contributed by atoms with Crippen LogP contribution in [0.3, 0.4) is 0 Å². The lowest BCUT2D eigenvalue weighted by Gasteiger charge is -2.19. The molecule has 4 heteroatoms. The molecule has 0 aliphatic carbocycles. The number of halogens is 1. The van der Waals surface area contributed by atoms with Gasteiger partial charge in [-0.15, -0.1) is 0 Å². The van der Waals surface area contributed by atoms with Crippen LogP contribution in [0.4, 0.5) is 0 Å². The fourth-order valence-electron chi connectivity index (χ4n) is 1.37. The van der Waals surface area contributed by atoms with E-state index in [1.807, 2.05) is 31.2 Å². The Bertz CT molecular complexity index is 354. The highest BCUT2D eigenvalue weighted by molar-refractivity contribution is 9.10. The van der Waals surface area contributed by atoms with Crippen molar-refractivity contribution in [2.24, 2.45) is 5.73 Å². The predicted molar refractivity (Wildman–Crippen MR) is 64.3 cm³/mol. The van der Waals surface area contributed by atoms with Crippen LogP contribution in [0.1, 0.15) is 25.5 Å². The van der Waals surface area contributed by atoms with Crippen molar-refractivity contribution in [3.8, 4) is 0 Å².